The number of amides is 1. The molecule has 0 aliphatic heterocycles. The number of hydrogen-bond acceptors (Lipinski definition) is 4. The number of carbonyl (C=O) groups is 1. The SMILES string of the molecule is CNC(=O)c1nccc2c1[nH]c1ccc(S(=O)(=O)NC3CCCCC3)cc12. The van der Waals surface area contributed by atoms with Crippen LogP contribution in [-0.4, -0.2) is 37.4 Å². The third kappa shape index (κ3) is 3.30. The summed E-state index contributed by atoms with van der Waals surface area (Å²) in [6.45, 7) is 0. The molecule has 1 saturated carbocycles. The average molecular weight is 386 g/mol. The van der Waals surface area contributed by atoms with Crippen LogP contribution in [0.25, 0.3) is 21.8 Å². The summed E-state index contributed by atoms with van der Waals surface area (Å²) < 4.78 is 28.5. The number of nitrogens with one attached hydrogen (secondary N) is 3. The minimum Gasteiger partial charge on any atom is -0.354 e. The summed E-state index contributed by atoms with van der Waals surface area (Å²) in [5.74, 6) is -0.293. The van der Waals surface area contributed by atoms with Crippen LogP contribution >= 0.6 is 0 Å². The maximum atomic E-state index is 12.8. The van der Waals surface area contributed by atoms with Crippen molar-refractivity contribution in [1.82, 2.24) is 20.0 Å². The molecule has 0 atom stereocenters. The Morgan fingerprint density at radius 2 is 1.93 bits per heavy atom. The summed E-state index contributed by atoms with van der Waals surface area (Å²) in [5, 5.41) is 4.10. The van der Waals surface area contributed by atoms with E-state index in [0.29, 0.717) is 5.52 Å². The first-order valence-electron chi connectivity index (χ1n) is 9.14. The minimum absolute atomic E-state index is 0.00599. The maximum Gasteiger partial charge on any atom is 0.271 e. The first-order valence-corrected chi connectivity index (χ1v) is 10.6. The van der Waals surface area contributed by atoms with E-state index in [-0.39, 0.29) is 22.5 Å². The minimum atomic E-state index is -3.59. The molecule has 8 heteroatoms. The van der Waals surface area contributed by atoms with Crippen molar-refractivity contribution in [2.24, 2.45) is 0 Å². The molecular formula is C19H22N4O3S. The molecule has 142 valence electrons. The Morgan fingerprint density at radius 3 is 2.67 bits per heavy atom. The Labute approximate surface area is 157 Å². The number of hydrogen-bond donors (Lipinski definition) is 3. The van der Waals surface area contributed by atoms with Gasteiger partial charge in [-0.05, 0) is 37.1 Å². The predicted octanol–water partition coefficient (Wildman–Crippen LogP) is 2.69. The van der Waals surface area contributed by atoms with Crippen LogP contribution in [0.3, 0.4) is 0 Å². The monoisotopic (exact) mass is 386 g/mol. The zero-order valence-corrected chi connectivity index (χ0v) is 15.9. The molecule has 1 aliphatic carbocycles. The molecule has 27 heavy (non-hydrogen) atoms. The highest BCUT2D eigenvalue weighted by molar-refractivity contribution is 7.89. The molecule has 0 radical (unpaired) electrons. The summed E-state index contributed by atoms with van der Waals surface area (Å²) in [5.41, 5.74) is 1.65. The van der Waals surface area contributed by atoms with Crippen LogP contribution in [0.1, 0.15) is 42.6 Å². The Hall–Kier alpha value is -2.45. The fourth-order valence-corrected chi connectivity index (χ4v) is 5.10. The van der Waals surface area contributed by atoms with Gasteiger partial charge in [-0.15, -0.1) is 0 Å². The van der Waals surface area contributed by atoms with E-state index in [2.05, 4.69) is 20.0 Å². The number of aromatic amines is 1. The second-order valence-corrected chi connectivity index (χ2v) is 8.66. The number of pyridine rings is 1. The molecule has 0 bridgehead atoms. The predicted molar refractivity (Wildman–Crippen MR) is 104 cm³/mol. The second kappa shape index (κ2) is 6.94. The highest BCUT2D eigenvalue weighted by atomic mass is 32.2. The number of rotatable bonds is 4. The lowest BCUT2D eigenvalue weighted by atomic mass is 9.96. The van der Waals surface area contributed by atoms with E-state index in [9.17, 15) is 13.2 Å². The molecule has 3 N–H and O–H groups in total. The lowest BCUT2D eigenvalue weighted by Gasteiger charge is -2.22. The summed E-state index contributed by atoms with van der Waals surface area (Å²) in [4.78, 5) is 19.6. The topological polar surface area (TPSA) is 104 Å². The van der Waals surface area contributed by atoms with Gasteiger partial charge in [-0.2, -0.15) is 0 Å². The summed E-state index contributed by atoms with van der Waals surface area (Å²) in [6, 6.07) is 6.78. The number of sulfonamides is 1. The molecule has 1 aliphatic rings. The van der Waals surface area contributed by atoms with Crippen molar-refractivity contribution < 1.29 is 13.2 Å². The van der Waals surface area contributed by atoms with Gasteiger partial charge in [-0.3, -0.25) is 4.79 Å². The molecule has 4 rings (SSSR count). The van der Waals surface area contributed by atoms with Gasteiger partial charge in [0.2, 0.25) is 10.0 Å². The molecule has 0 spiro atoms. The van der Waals surface area contributed by atoms with Crippen molar-refractivity contribution in [3.8, 4) is 0 Å². The van der Waals surface area contributed by atoms with Crippen LogP contribution in [-0.2, 0) is 10.0 Å². The molecule has 1 fully saturated rings. The van der Waals surface area contributed by atoms with Gasteiger partial charge in [0.15, 0.2) is 5.69 Å². The van der Waals surface area contributed by atoms with Crippen LogP contribution in [0.4, 0.5) is 0 Å². The van der Waals surface area contributed by atoms with Crippen molar-refractivity contribution in [3.05, 3.63) is 36.2 Å². The second-order valence-electron chi connectivity index (χ2n) is 6.95. The van der Waals surface area contributed by atoms with E-state index >= 15 is 0 Å². The Balaban J connectivity index is 1.77. The van der Waals surface area contributed by atoms with Gasteiger partial charge >= 0.3 is 0 Å². The summed E-state index contributed by atoms with van der Waals surface area (Å²) >= 11 is 0. The highest BCUT2D eigenvalue weighted by Crippen LogP contribution is 2.29. The first kappa shape index (κ1) is 17.9. The molecule has 7 nitrogen and oxygen atoms in total. The number of benzene rings is 1. The van der Waals surface area contributed by atoms with Crippen molar-refractivity contribution in [3.63, 3.8) is 0 Å². The molecule has 1 amide bonds. The first-order chi connectivity index (χ1) is 13.0. The van der Waals surface area contributed by atoms with Crippen LogP contribution in [0.2, 0.25) is 0 Å². The molecular weight excluding hydrogens is 364 g/mol. The van der Waals surface area contributed by atoms with E-state index < -0.39 is 10.0 Å². The van der Waals surface area contributed by atoms with Gasteiger partial charge in [0.25, 0.3) is 5.91 Å². The molecule has 2 heterocycles. The normalized spacial score (nSPS) is 16.0. The van der Waals surface area contributed by atoms with E-state index in [0.717, 1.165) is 42.0 Å². The molecule has 0 unspecified atom stereocenters. The largest absolute Gasteiger partial charge is 0.354 e. The number of fused-ring (bicyclic) bond motifs is 3. The lowest BCUT2D eigenvalue weighted by molar-refractivity contribution is 0.0960. The third-order valence-electron chi connectivity index (χ3n) is 5.17. The zero-order chi connectivity index (χ0) is 19.0. The van der Waals surface area contributed by atoms with Gasteiger partial charge in [-0.1, -0.05) is 19.3 Å². The van der Waals surface area contributed by atoms with Gasteiger partial charge in [0.1, 0.15) is 0 Å². The Morgan fingerprint density at radius 1 is 1.15 bits per heavy atom. The van der Waals surface area contributed by atoms with Crippen molar-refractivity contribution in [1.29, 1.82) is 0 Å². The Kier molecular flexibility index (Phi) is 4.61. The van der Waals surface area contributed by atoms with Gasteiger partial charge in [0.05, 0.1) is 10.4 Å². The molecule has 3 aromatic rings. The fraction of sp³-hybridized carbons (Fsp3) is 0.368. The summed E-state index contributed by atoms with van der Waals surface area (Å²) in [6.07, 6.45) is 6.61. The number of carbonyl (C=O) groups excluding carboxylic acids is 1. The van der Waals surface area contributed by atoms with Crippen LogP contribution in [0.5, 0.6) is 0 Å². The molecule has 1 aromatic carbocycles. The number of H-pyrrole nitrogens is 1. The lowest BCUT2D eigenvalue weighted by Crippen LogP contribution is -2.36. The van der Waals surface area contributed by atoms with Crippen LogP contribution in [0.15, 0.2) is 35.4 Å². The number of nitrogens with zero attached hydrogens (tertiary/aromatic N) is 1. The highest BCUT2D eigenvalue weighted by Gasteiger charge is 2.23. The van der Waals surface area contributed by atoms with Gasteiger partial charge in [0, 0.05) is 35.6 Å². The number of aromatic nitrogens is 2. The van der Waals surface area contributed by atoms with E-state index in [1.54, 1.807) is 37.5 Å². The van der Waals surface area contributed by atoms with Gasteiger partial charge in [-0.25, -0.2) is 18.1 Å². The van der Waals surface area contributed by atoms with Crippen LogP contribution in [0, 0.1) is 0 Å². The van der Waals surface area contributed by atoms with E-state index in [1.165, 1.54) is 6.42 Å². The van der Waals surface area contributed by atoms with Gasteiger partial charge < -0.3 is 10.3 Å². The smallest absolute Gasteiger partial charge is 0.271 e. The summed E-state index contributed by atoms with van der Waals surface area (Å²) in [7, 11) is -2.04. The third-order valence-corrected chi connectivity index (χ3v) is 6.69. The average Bonchev–Trinajstić information content (AvgIpc) is 3.05. The maximum absolute atomic E-state index is 12.8. The van der Waals surface area contributed by atoms with Crippen LogP contribution < -0.4 is 10.0 Å². The van der Waals surface area contributed by atoms with Crippen molar-refractivity contribution in [2.45, 2.75) is 43.0 Å². The standard InChI is InChI=1S/C19H22N4O3S/c1-20-19(24)18-17-14(9-10-21-18)15-11-13(7-8-16(15)22-17)27(25,26)23-12-5-3-2-4-6-12/h7-12,22-23H,2-6H2,1H3,(H,20,24). The Bertz CT molecular complexity index is 1110. The fourth-order valence-electron chi connectivity index (χ4n) is 3.77. The molecule has 2 aromatic heterocycles. The zero-order valence-electron chi connectivity index (χ0n) is 15.1. The van der Waals surface area contributed by atoms with Crippen molar-refractivity contribution >= 4 is 37.7 Å². The van der Waals surface area contributed by atoms with E-state index in [1.807, 2.05) is 0 Å². The quantitative estimate of drug-likeness (QED) is 0.641. The van der Waals surface area contributed by atoms with Crippen molar-refractivity contribution in [2.75, 3.05) is 7.05 Å². The molecule has 0 saturated heterocycles. The van der Waals surface area contributed by atoms with E-state index in [4.69, 9.17) is 0 Å².